The van der Waals surface area contributed by atoms with Gasteiger partial charge in [-0.15, -0.1) is 11.3 Å². The van der Waals surface area contributed by atoms with Gasteiger partial charge in [-0.2, -0.15) is 0 Å². The van der Waals surface area contributed by atoms with Gasteiger partial charge in [0.2, 0.25) is 0 Å². The molecule has 0 aliphatic heterocycles. The number of para-hydroxylation sites is 1. The first kappa shape index (κ1) is 37.0. The fraction of sp³-hybridized carbons (Fsp3) is 0.0615. The number of fused-ring (bicyclic) bond motifs is 21. The van der Waals surface area contributed by atoms with E-state index >= 15 is 0 Å². The van der Waals surface area contributed by atoms with E-state index in [0.29, 0.717) is 0 Å². The Morgan fingerprint density at radius 2 is 1.29 bits per heavy atom. The summed E-state index contributed by atoms with van der Waals surface area (Å²) in [4.78, 5) is 5.61. The van der Waals surface area contributed by atoms with E-state index in [1.54, 1.807) is 0 Å². The summed E-state index contributed by atoms with van der Waals surface area (Å²) in [5.41, 5.74) is 24.3. The van der Waals surface area contributed by atoms with E-state index in [1.807, 2.05) is 11.3 Å². The van der Waals surface area contributed by atoms with E-state index in [1.165, 1.54) is 120 Å². The van der Waals surface area contributed by atoms with Crippen LogP contribution in [0.15, 0.2) is 218 Å². The lowest BCUT2D eigenvalue weighted by Gasteiger charge is -2.32. The van der Waals surface area contributed by atoms with Crippen LogP contribution in [0.2, 0.25) is 0 Å². The molecule has 12 aromatic rings. The minimum Gasteiger partial charge on any atom is -0.308 e. The molecular formula is C65H40N2S. The molecule has 0 N–H and O–H groups in total. The molecule has 0 amide bonds. The molecule has 1 spiro atoms. The second-order valence-electron chi connectivity index (χ2n) is 19.1. The van der Waals surface area contributed by atoms with E-state index in [9.17, 15) is 0 Å². The minimum absolute atomic E-state index is 0.180. The molecule has 0 radical (unpaired) electrons. The van der Waals surface area contributed by atoms with Crippen LogP contribution < -0.4 is 0 Å². The Morgan fingerprint density at radius 1 is 0.544 bits per heavy atom. The fourth-order valence-electron chi connectivity index (χ4n) is 13.3. The molecule has 0 fully saturated rings. The Kier molecular flexibility index (Phi) is 7.35. The number of hydrogen-bond acceptors (Lipinski definition) is 2. The molecule has 4 aliphatic rings. The average Bonchev–Trinajstić information content (AvgIpc) is 4.18. The van der Waals surface area contributed by atoms with Gasteiger partial charge in [-0.05, 0) is 122 Å². The molecule has 3 heterocycles. The highest BCUT2D eigenvalue weighted by Gasteiger charge is 2.53. The molecule has 316 valence electrons. The first-order valence-electron chi connectivity index (χ1n) is 24.0. The van der Waals surface area contributed by atoms with Crippen molar-refractivity contribution in [3.05, 3.63) is 257 Å². The number of nitrogens with zero attached hydrogens (tertiary/aromatic N) is 2. The summed E-state index contributed by atoms with van der Waals surface area (Å²) in [5.74, 6) is 0.180. The Bertz CT molecular complexity index is 4270. The van der Waals surface area contributed by atoms with E-state index in [-0.39, 0.29) is 11.3 Å². The number of aromatic nitrogens is 2. The second kappa shape index (κ2) is 13.5. The Hall–Kier alpha value is -8.11. The first-order chi connectivity index (χ1) is 33.8. The highest BCUT2D eigenvalue weighted by atomic mass is 32.1. The monoisotopic (exact) mass is 880 g/mol. The molecule has 0 bridgehead atoms. The smallest absolute Gasteiger partial charge is 0.0789 e. The van der Waals surface area contributed by atoms with Gasteiger partial charge in [0.1, 0.15) is 0 Å². The van der Waals surface area contributed by atoms with Gasteiger partial charge in [0.15, 0.2) is 0 Å². The maximum absolute atomic E-state index is 5.61. The van der Waals surface area contributed by atoms with Crippen LogP contribution in [0.5, 0.6) is 0 Å². The fourth-order valence-corrected chi connectivity index (χ4v) is 14.6. The number of benzene rings is 9. The van der Waals surface area contributed by atoms with Gasteiger partial charge in [-0.3, -0.25) is 0 Å². The van der Waals surface area contributed by atoms with Crippen molar-refractivity contribution in [1.82, 2.24) is 9.55 Å². The van der Waals surface area contributed by atoms with Gasteiger partial charge in [0.25, 0.3) is 0 Å². The zero-order valence-corrected chi connectivity index (χ0v) is 37.8. The minimum atomic E-state index is -0.376. The molecule has 3 heteroatoms. The number of rotatable bonds is 3. The zero-order valence-electron chi connectivity index (χ0n) is 37.0. The third kappa shape index (κ3) is 4.64. The summed E-state index contributed by atoms with van der Waals surface area (Å²) < 4.78 is 5.18. The quantitative estimate of drug-likeness (QED) is 0.162. The van der Waals surface area contributed by atoms with E-state index in [0.717, 1.165) is 35.3 Å². The van der Waals surface area contributed by atoms with Crippen LogP contribution in [0.3, 0.4) is 0 Å². The van der Waals surface area contributed by atoms with Crippen molar-refractivity contribution < 1.29 is 0 Å². The molecule has 0 saturated heterocycles. The van der Waals surface area contributed by atoms with Gasteiger partial charge in [0.05, 0.1) is 32.4 Å². The molecule has 16 rings (SSSR count). The number of hydrogen-bond donors (Lipinski definition) is 0. The topological polar surface area (TPSA) is 17.8 Å². The predicted molar refractivity (Wildman–Crippen MR) is 284 cm³/mol. The van der Waals surface area contributed by atoms with E-state index in [4.69, 9.17) is 4.98 Å². The van der Waals surface area contributed by atoms with Crippen molar-refractivity contribution in [1.29, 1.82) is 0 Å². The first-order valence-corrected chi connectivity index (χ1v) is 24.8. The van der Waals surface area contributed by atoms with Crippen LogP contribution in [0.25, 0.3) is 97.7 Å². The third-order valence-corrected chi connectivity index (χ3v) is 17.1. The van der Waals surface area contributed by atoms with Crippen LogP contribution in [-0.4, -0.2) is 9.55 Å². The lowest BCUT2D eigenvalue weighted by atomic mass is 9.69. The summed E-state index contributed by atoms with van der Waals surface area (Å²) in [6.45, 7) is 0. The molecule has 2 atom stereocenters. The highest BCUT2D eigenvalue weighted by Crippen LogP contribution is 2.65. The van der Waals surface area contributed by atoms with Crippen molar-refractivity contribution >= 4 is 69.8 Å². The number of pyridine rings is 1. The maximum atomic E-state index is 5.61. The van der Waals surface area contributed by atoms with Crippen molar-refractivity contribution in [2.75, 3.05) is 0 Å². The molecule has 0 saturated carbocycles. The van der Waals surface area contributed by atoms with Crippen LogP contribution >= 0.6 is 11.3 Å². The third-order valence-electron chi connectivity index (χ3n) is 15.9. The molecule has 68 heavy (non-hydrogen) atoms. The van der Waals surface area contributed by atoms with Gasteiger partial charge < -0.3 is 4.57 Å². The van der Waals surface area contributed by atoms with Crippen molar-refractivity contribution in [3.63, 3.8) is 0 Å². The number of allylic oxidation sites excluding steroid dienone is 4. The van der Waals surface area contributed by atoms with Crippen LogP contribution in [0.1, 0.15) is 57.7 Å². The summed E-state index contributed by atoms with van der Waals surface area (Å²) >= 11 is 1.91. The Balaban J connectivity index is 0.961. The van der Waals surface area contributed by atoms with Crippen LogP contribution in [-0.2, 0) is 5.41 Å². The summed E-state index contributed by atoms with van der Waals surface area (Å²) in [6, 6.07) is 75.4. The van der Waals surface area contributed by atoms with E-state index in [2.05, 4.69) is 217 Å². The highest BCUT2D eigenvalue weighted by molar-refractivity contribution is 7.26. The average molecular weight is 881 g/mol. The van der Waals surface area contributed by atoms with Gasteiger partial charge in [-0.25, -0.2) is 4.98 Å². The molecule has 3 aromatic heterocycles. The van der Waals surface area contributed by atoms with Crippen molar-refractivity contribution in [3.8, 4) is 39.2 Å². The van der Waals surface area contributed by atoms with E-state index < -0.39 is 0 Å². The van der Waals surface area contributed by atoms with Crippen LogP contribution in [0.4, 0.5) is 0 Å². The SMILES string of the molecule is C1=CC2=C(CC1)c1ccccc1C21c2ccccc2-c2c1ccc1c(-c3cccc(-n4c5cc6c(cc5c5sc7ccccc7c54)C(c4ccccc4)c4ccccc4-6)c3)nc3ccccc3c21. The van der Waals surface area contributed by atoms with Crippen LogP contribution in [0, 0.1) is 0 Å². The Morgan fingerprint density at radius 3 is 2.19 bits per heavy atom. The molecule has 9 aromatic carbocycles. The molecule has 2 nitrogen and oxygen atoms in total. The normalized spacial score (nSPS) is 17.4. The summed E-state index contributed by atoms with van der Waals surface area (Å²) in [5, 5.41) is 6.24. The predicted octanol–water partition coefficient (Wildman–Crippen LogP) is 17.0. The van der Waals surface area contributed by atoms with Gasteiger partial charge >= 0.3 is 0 Å². The Labute approximate surface area is 397 Å². The molecule has 2 unspecified atom stereocenters. The number of thiophene rings is 1. The lowest BCUT2D eigenvalue weighted by Crippen LogP contribution is -2.27. The maximum Gasteiger partial charge on any atom is 0.0789 e. The van der Waals surface area contributed by atoms with Gasteiger partial charge in [-0.1, -0.05) is 176 Å². The largest absolute Gasteiger partial charge is 0.308 e. The van der Waals surface area contributed by atoms with Gasteiger partial charge in [0, 0.05) is 48.8 Å². The second-order valence-corrected chi connectivity index (χ2v) is 20.2. The standard InChI is InChI=1S/C65H40N2S/c1-2-17-38(18-3-1)59-44-24-5-4-21-41(44)49-37-57-51(36-50(49)59)64-63(47-27-10-15-32-58(47)68-64)67(57)40-20-16-19-39(35-40)62-48-33-34-55-61(60(48)46-26-9-14-31-56(46)66-62)45-25-8-13-30-54(45)65(55)52-28-11-6-22-42(52)43-23-7-12-29-53(43)65/h1-6,8-22,24-37,59H,7,23H2. The molecular weight excluding hydrogens is 841 g/mol. The van der Waals surface area contributed by atoms with Crippen molar-refractivity contribution in [2.24, 2.45) is 0 Å². The lowest BCUT2D eigenvalue weighted by molar-refractivity contribution is 0.781. The van der Waals surface area contributed by atoms with Crippen molar-refractivity contribution in [2.45, 2.75) is 24.2 Å². The summed E-state index contributed by atoms with van der Waals surface area (Å²) in [7, 11) is 0. The zero-order chi connectivity index (χ0) is 44.2. The summed E-state index contributed by atoms with van der Waals surface area (Å²) in [6.07, 6.45) is 6.99. The molecule has 4 aliphatic carbocycles.